The number of hydrogen-bond acceptors (Lipinski definition) is 3. The van der Waals surface area contributed by atoms with E-state index in [9.17, 15) is 14.4 Å². The molecule has 2 amide bonds. The van der Waals surface area contributed by atoms with E-state index < -0.39 is 17.4 Å². The molecule has 104 valence electrons. The number of amides is 2. The standard InChI is InChI=1S/C12H22N2O4/c1-8(11(18)14(4)5)13-9(15)6-12(2,3)7-10(16)17/h8H,6-7H2,1-5H3,(H,13,15)(H,16,17). The topological polar surface area (TPSA) is 86.7 Å². The number of nitrogens with zero attached hydrogens (tertiary/aromatic N) is 1. The van der Waals surface area contributed by atoms with Crippen LogP contribution in [0.3, 0.4) is 0 Å². The van der Waals surface area contributed by atoms with Crippen LogP contribution in [0.15, 0.2) is 0 Å². The van der Waals surface area contributed by atoms with E-state index in [1.807, 2.05) is 0 Å². The normalized spacial score (nSPS) is 12.7. The lowest BCUT2D eigenvalue weighted by molar-refractivity contribution is -0.140. The van der Waals surface area contributed by atoms with E-state index in [2.05, 4.69) is 5.32 Å². The number of carboxylic acid groups (broad SMARTS) is 1. The minimum atomic E-state index is -0.940. The molecule has 0 aliphatic carbocycles. The summed E-state index contributed by atoms with van der Waals surface area (Å²) < 4.78 is 0. The predicted molar refractivity (Wildman–Crippen MR) is 66.9 cm³/mol. The molecule has 6 nitrogen and oxygen atoms in total. The van der Waals surface area contributed by atoms with Gasteiger partial charge in [-0.25, -0.2) is 0 Å². The molecule has 0 aliphatic rings. The maximum Gasteiger partial charge on any atom is 0.303 e. The van der Waals surface area contributed by atoms with Crippen LogP contribution in [-0.4, -0.2) is 47.9 Å². The van der Waals surface area contributed by atoms with Gasteiger partial charge >= 0.3 is 5.97 Å². The van der Waals surface area contributed by atoms with Gasteiger partial charge in [0, 0.05) is 20.5 Å². The van der Waals surface area contributed by atoms with Gasteiger partial charge in [-0.3, -0.25) is 14.4 Å². The molecule has 6 heteroatoms. The summed E-state index contributed by atoms with van der Waals surface area (Å²) in [6.07, 6.45) is -0.0131. The largest absolute Gasteiger partial charge is 0.481 e. The average molecular weight is 258 g/mol. The summed E-state index contributed by atoms with van der Waals surface area (Å²) >= 11 is 0. The van der Waals surface area contributed by atoms with E-state index in [1.165, 1.54) is 4.90 Å². The number of carbonyl (C=O) groups is 3. The molecule has 1 atom stereocenters. The molecule has 0 saturated heterocycles. The van der Waals surface area contributed by atoms with Crippen LogP contribution in [0.1, 0.15) is 33.6 Å². The fraction of sp³-hybridized carbons (Fsp3) is 0.750. The molecule has 0 bridgehead atoms. The van der Waals surface area contributed by atoms with E-state index in [1.54, 1.807) is 34.9 Å². The highest BCUT2D eigenvalue weighted by Crippen LogP contribution is 2.24. The minimum Gasteiger partial charge on any atom is -0.481 e. The van der Waals surface area contributed by atoms with Crippen LogP contribution in [0.2, 0.25) is 0 Å². The van der Waals surface area contributed by atoms with E-state index in [4.69, 9.17) is 5.11 Å². The number of likely N-dealkylation sites (N-methyl/N-ethyl adjacent to an activating group) is 1. The van der Waals surface area contributed by atoms with Crippen molar-refractivity contribution in [3.8, 4) is 0 Å². The zero-order valence-electron chi connectivity index (χ0n) is 11.6. The molecule has 0 fully saturated rings. The zero-order valence-corrected chi connectivity index (χ0v) is 11.6. The number of nitrogens with one attached hydrogen (secondary N) is 1. The summed E-state index contributed by atoms with van der Waals surface area (Å²) in [7, 11) is 3.22. The molecule has 0 aromatic carbocycles. The van der Waals surface area contributed by atoms with Crippen molar-refractivity contribution in [1.29, 1.82) is 0 Å². The van der Waals surface area contributed by atoms with Gasteiger partial charge in [-0.1, -0.05) is 13.8 Å². The molecule has 0 aliphatic heterocycles. The molecule has 18 heavy (non-hydrogen) atoms. The van der Waals surface area contributed by atoms with Gasteiger partial charge in [0.25, 0.3) is 0 Å². The lowest BCUT2D eigenvalue weighted by Gasteiger charge is -2.23. The maximum absolute atomic E-state index is 11.7. The molecule has 2 N–H and O–H groups in total. The van der Waals surface area contributed by atoms with Crippen LogP contribution in [0.5, 0.6) is 0 Å². The van der Waals surface area contributed by atoms with Gasteiger partial charge in [-0.2, -0.15) is 0 Å². The van der Waals surface area contributed by atoms with Crippen LogP contribution < -0.4 is 5.32 Å². The summed E-state index contributed by atoms with van der Waals surface area (Å²) in [5, 5.41) is 11.3. The second-order valence-electron chi connectivity index (χ2n) is 5.43. The Morgan fingerprint density at radius 1 is 1.22 bits per heavy atom. The molecule has 0 spiro atoms. The Kier molecular flexibility index (Phi) is 5.81. The number of rotatable bonds is 6. The minimum absolute atomic E-state index is 0.0738. The van der Waals surface area contributed by atoms with E-state index >= 15 is 0 Å². The highest BCUT2D eigenvalue weighted by molar-refractivity contribution is 5.87. The van der Waals surface area contributed by atoms with Crippen LogP contribution in [0, 0.1) is 5.41 Å². The second kappa shape index (κ2) is 6.37. The molecule has 0 radical (unpaired) electrons. The van der Waals surface area contributed by atoms with Crippen LogP contribution >= 0.6 is 0 Å². The monoisotopic (exact) mass is 258 g/mol. The highest BCUT2D eigenvalue weighted by Gasteiger charge is 2.26. The van der Waals surface area contributed by atoms with Crippen molar-refractivity contribution in [3.63, 3.8) is 0 Å². The molecule has 0 rings (SSSR count). The number of carboxylic acids is 1. The summed E-state index contributed by atoms with van der Waals surface area (Å²) in [6, 6.07) is -0.604. The van der Waals surface area contributed by atoms with Gasteiger partial charge in [0.1, 0.15) is 6.04 Å². The molecular formula is C12H22N2O4. The number of carbonyl (C=O) groups excluding carboxylic acids is 2. The van der Waals surface area contributed by atoms with Crippen LogP contribution in [0.25, 0.3) is 0 Å². The van der Waals surface area contributed by atoms with E-state index in [0.29, 0.717) is 0 Å². The first-order valence-electron chi connectivity index (χ1n) is 5.77. The van der Waals surface area contributed by atoms with Gasteiger partial charge in [-0.15, -0.1) is 0 Å². The van der Waals surface area contributed by atoms with Gasteiger partial charge in [0.15, 0.2) is 0 Å². The van der Waals surface area contributed by atoms with Crippen LogP contribution in [-0.2, 0) is 14.4 Å². The summed E-state index contributed by atoms with van der Waals surface area (Å²) in [5.41, 5.74) is -0.628. The van der Waals surface area contributed by atoms with Crippen molar-refractivity contribution in [2.75, 3.05) is 14.1 Å². The number of aliphatic carboxylic acids is 1. The molecular weight excluding hydrogens is 236 g/mol. The van der Waals surface area contributed by atoms with Gasteiger partial charge < -0.3 is 15.3 Å². The Labute approximate surface area is 107 Å². The summed E-state index contributed by atoms with van der Waals surface area (Å²) in [6.45, 7) is 5.02. The molecule has 0 heterocycles. The Morgan fingerprint density at radius 2 is 1.72 bits per heavy atom. The molecule has 0 saturated carbocycles. The predicted octanol–water partition coefficient (Wildman–Crippen LogP) is 0.470. The zero-order chi connectivity index (χ0) is 14.5. The van der Waals surface area contributed by atoms with Gasteiger partial charge in [0.05, 0.1) is 6.42 Å². The second-order valence-corrected chi connectivity index (χ2v) is 5.43. The van der Waals surface area contributed by atoms with Gasteiger partial charge in [0.2, 0.25) is 11.8 Å². The lowest BCUT2D eigenvalue weighted by atomic mass is 9.85. The van der Waals surface area contributed by atoms with Crippen molar-refractivity contribution < 1.29 is 19.5 Å². The van der Waals surface area contributed by atoms with Crippen molar-refractivity contribution in [3.05, 3.63) is 0 Å². The summed E-state index contributed by atoms with van der Waals surface area (Å²) in [5.74, 6) is -1.45. The Morgan fingerprint density at radius 3 is 2.11 bits per heavy atom. The smallest absolute Gasteiger partial charge is 0.303 e. The van der Waals surface area contributed by atoms with Gasteiger partial charge in [-0.05, 0) is 12.3 Å². The highest BCUT2D eigenvalue weighted by atomic mass is 16.4. The first kappa shape index (κ1) is 16.4. The van der Waals surface area contributed by atoms with E-state index in [-0.39, 0.29) is 24.7 Å². The molecule has 1 unspecified atom stereocenters. The first-order chi connectivity index (χ1) is 8.05. The number of hydrogen-bond donors (Lipinski definition) is 2. The maximum atomic E-state index is 11.7. The van der Waals surface area contributed by atoms with Crippen LogP contribution in [0.4, 0.5) is 0 Å². The SMILES string of the molecule is CC(NC(=O)CC(C)(C)CC(=O)O)C(=O)N(C)C. The first-order valence-corrected chi connectivity index (χ1v) is 5.77. The lowest BCUT2D eigenvalue weighted by Crippen LogP contribution is -2.45. The third-order valence-electron chi connectivity index (χ3n) is 2.46. The van der Waals surface area contributed by atoms with E-state index in [0.717, 1.165) is 0 Å². The third kappa shape index (κ3) is 6.22. The Hall–Kier alpha value is -1.59. The van der Waals surface area contributed by atoms with Crippen molar-refractivity contribution in [1.82, 2.24) is 10.2 Å². The van der Waals surface area contributed by atoms with Crippen molar-refractivity contribution in [2.24, 2.45) is 5.41 Å². The van der Waals surface area contributed by atoms with Crippen molar-refractivity contribution in [2.45, 2.75) is 39.7 Å². The van der Waals surface area contributed by atoms with Crippen molar-refractivity contribution >= 4 is 17.8 Å². The Bertz CT molecular complexity index is 337. The summed E-state index contributed by atoms with van der Waals surface area (Å²) in [4.78, 5) is 35.3. The third-order valence-corrected chi connectivity index (χ3v) is 2.46. The fourth-order valence-electron chi connectivity index (χ4n) is 1.65. The molecule has 0 aromatic rings. The Balaban J connectivity index is 4.35. The molecule has 0 aromatic heterocycles. The average Bonchev–Trinajstić information content (AvgIpc) is 2.12. The quantitative estimate of drug-likeness (QED) is 0.725. The fourth-order valence-corrected chi connectivity index (χ4v) is 1.65.